The highest BCUT2D eigenvalue weighted by Crippen LogP contribution is 2.32. The van der Waals surface area contributed by atoms with Gasteiger partial charge in [-0.1, -0.05) is 37.3 Å². The lowest BCUT2D eigenvalue weighted by molar-refractivity contribution is -0.146. The third-order valence-corrected chi connectivity index (χ3v) is 6.08. The summed E-state index contributed by atoms with van der Waals surface area (Å²) in [4.78, 5) is 53.7. The summed E-state index contributed by atoms with van der Waals surface area (Å²) in [5.41, 5.74) is -0.0663. The molecule has 0 saturated heterocycles. The fourth-order valence-corrected chi connectivity index (χ4v) is 3.96. The molecule has 0 aromatic heterocycles. The molecule has 0 aliphatic heterocycles. The van der Waals surface area contributed by atoms with Gasteiger partial charge in [0.15, 0.2) is 0 Å². The van der Waals surface area contributed by atoms with E-state index in [9.17, 15) is 29.4 Å². The molecule has 11 nitrogen and oxygen atoms in total. The molecular weight excluding hydrogens is 518 g/mol. The van der Waals surface area contributed by atoms with E-state index in [2.05, 4.69) is 15.4 Å². The minimum Gasteiger partial charge on any atom is -0.508 e. The Morgan fingerprint density at radius 3 is 2.17 bits per heavy atom. The normalized spacial score (nSPS) is 13.3. The second-order valence-corrected chi connectivity index (χ2v) is 10.3. The SMILES string of the molecule is CCC(C)N(C(=O)C(Cc1ccc(O)cc1)NC(=O)OC(C)(C)C)C(C(=O)NCC(=O)OC)c1ccccc1O. The molecule has 0 aliphatic carbocycles. The Morgan fingerprint density at radius 2 is 1.62 bits per heavy atom. The number of phenols is 2. The third-order valence-electron chi connectivity index (χ3n) is 6.08. The van der Waals surface area contributed by atoms with Gasteiger partial charge in [0.1, 0.15) is 35.7 Å². The summed E-state index contributed by atoms with van der Waals surface area (Å²) in [7, 11) is 1.18. The van der Waals surface area contributed by atoms with Crippen LogP contribution in [0.5, 0.6) is 11.5 Å². The Morgan fingerprint density at radius 1 is 1.00 bits per heavy atom. The highest BCUT2D eigenvalue weighted by atomic mass is 16.6. The number of carbonyl (C=O) groups excluding carboxylic acids is 4. The molecule has 0 radical (unpaired) electrons. The first-order chi connectivity index (χ1) is 18.8. The van der Waals surface area contributed by atoms with E-state index in [-0.39, 0.29) is 23.5 Å². The van der Waals surface area contributed by atoms with Gasteiger partial charge in [0.05, 0.1) is 7.11 Å². The average Bonchev–Trinajstić information content (AvgIpc) is 2.89. The van der Waals surface area contributed by atoms with Crippen molar-refractivity contribution in [2.24, 2.45) is 0 Å². The van der Waals surface area contributed by atoms with Crippen molar-refractivity contribution in [2.75, 3.05) is 13.7 Å². The predicted octanol–water partition coefficient (Wildman–Crippen LogP) is 3.19. The van der Waals surface area contributed by atoms with Crippen LogP contribution >= 0.6 is 0 Å². The molecule has 11 heteroatoms. The first-order valence-corrected chi connectivity index (χ1v) is 13.0. The zero-order valence-electron chi connectivity index (χ0n) is 23.8. The molecule has 2 aromatic carbocycles. The fraction of sp³-hybridized carbons (Fsp3) is 0.448. The van der Waals surface area contributed by atoms with Crippen LogP contribution in [0.2, 0.25) is 0 Å². The van der Waals surface area contributed by atoms with Gasteiger partial charge >= 0.3 is 12.1 Å². The second kappa shape index (κ2) is 14.2. The fourth-order valence-electron chi connectivity index (χ4n) is 3.96. The number of hydrogen-bond acceptors (Lipinski definition) is 8. The lowest BCUT2D eigenvalue weighted by atomic mass is 9.97. The number of para-hydroxylation sites is 1. The maximum absolute atomic E-state index is 14.3. The van der Waals surface area contributed by atoms with Crippen molar-refractivity contribution in [2.45, 2.75) is 71.2 Å². The molecule has 0 saturated carbocycles. The van der Waals surface area contributed by atoms with Crippen LogP contribution in [0.4, 0.5) is 4.79 Å². The van der Waals surface area contributed by atoms with E-state index in [1.807, 2.05) is 6.92 Å². The quantitative estimate of drug-likeness (QED) is 0.307. The summed E-state index contributed by atoms with van der Waals surface area (Å²) in [6, 6.07) is 9.17. The number of alkyl carbamates (subject to hydrolysis) is 1. The summed E-state index contributed by atoms with van der Waals surface area (Å²) in [5.74, 6) is -2.22. The maximum Gasteiger partial charge on any atom is 0.408 e. The predicted molar refractivity (Wildman–Crippen MR) is 147 cm³/mol. The zero-order chi connectivity index (χ0) is 30.0. The number of phenolic OH excluding ortho intramolecular Hbond substituents is 2. The Labute approximate surface area is 234 Å². The van der Waals surface area contributed by atoms with Crippen LogP contribution in [0.25, 0.3) is 0 Å². The van der Waals surface area contributed by atoms with Crippen LogP contribution in [0, 0.1) is 0 Å². The first kappa shape index (κ1) is 31.9. The minimum absolute atomic E-state index is 0.0164. The molecule has 0 spiro atoms. The van der Waals surface area contributed by atoms with Crippen LogP contribution in [0.15, 0.2) is 48.5 Å². The summed E-state index contributed by atoms with van der Waals surface area (Å²) >= 11 is 0. The number of amides is 3. The van der Waals surface area contributed by atoms with Gasteiger partial charge in [-0.15, -0.1) is 0 Å². The molecule has 3 atom stereocenters. The first-order valence-electron chi connectivity index (χ1n) is 13.0. The van der Waals surface area contributed by atoms with E-state index in [0.717, 1.165) is 0 Å². The van der Waals surface area contributed by atoms with Gasteiger partial charge in [0.25, 0.3) is 0 Å². The van der Waals surface area contributed by atoms with E-state index in [1.165, 1.54) is 36.3 Å². The van der Waals surface area contributed by atoms with E-state index in [1.54, 1.807) is 52.0 Å². The van der Waals surface area contributed by atoms with Crippen molar-refractivity contribution >= 4 is 23.9 Å². The summed E-state index contributed by atoms with van der Waals surface area (Å²) in [5, 5.41) is 25.5. The number of rotatable bonds is 11. The Bertz CT molecular complexity index is 1180. The van der Waals surface area contributed by atoms with Crippen molar-refractivity contribution in [3.05, 3.63) is 59.7 Å². The van der Waals surface area contributed by atoms with Crippen LogP contribution in [0.3, 0.4) is 0 Å². The highest BCUT2D eigenvalue weighted by molar-refractivity contribution is 5.94. The van der Waals surface area contributed by atoms with Crippen LogP contribution in [-0.4, -0.2) is 70.3 Å². The molecule has 40 heavy (non-hydrogen) atoms. The van der Waals surface area contributed by atoms with Crippen LogP contribution < -0.4 is 10.6 Å². The van der Waals surface area contributed by atoms with Crippen LogP contribution in [-0.2, 0) is 30.3 Å². The standard InChI is InChI=1S/C29H39N3O8/c1-7-18(2)32(25(21-10-8-9-11-23(21)34)26(36)30-17-24(35)39-6)27(37)22(31-28(38)40-29(3,4)5)16-19-12-14-20(33)15-13-19/h8-15,18,22,25,33-34H,7,16-17H2,1-6H3,(H,30,36)(H,31,38). The molecule has 3 unspecified atom stereocenters. The Kier molecular flexibility index (Phi) is 11.3. The molecule has 0 fully saturated rings. The zero-order valence-corrected chi connectivity index (χ0v) is 23.8. The van der Waals surface area contributed by atoms with E-state index in [0.29, 0.717) is 12.0 Å². The number of methoxy groups -OCH3 is 1. The number of ether oxygens (including phenoxy) is 2. The topological polar surface area (TPSA) is 154 Å². The smallest absolute Gasteiger partial charge is 0.408 e. The van der Waals surface area contributed by atoms with E-state index >= 15 is 0 Å². The van der Waals surface area contributed by atoms with Gasteiger partial charge in [-0.25, -0.2) is 4.79 Å². The Hall–Kier alpha value is -4.28. The monoisotopic (exact) mass is 557 g/mol. The number of esters is 1. The van der Waals surface area contributed by atoms with Crippen molar-refractivity contribution in [3.8, 4) is 11.5 Å². The van der Waals surface area contributed by atoms with Gasteiger partial charge < -0.3 is 35.2 Å². The van der Waals surface area contributed by atoms with Crippen molar-refractivity contribution in [1.82, 2.24) is 15.5 Å². The summed E-state index contributed by atoms with van der Waals surface area (Å²) in [6.45, 7) is 8.19. The van der Waals surface area contributed by atoms with Gasteiger partial charge in [0, 0.05) is 18.0 Å². The molecule has 0 aliphatic rings. The summed E-state index contributed by atoms with van der Waals surface area (Å²) < 4.78 is 10.0. The van der Waals surface area contributed by atoms with Gasteiger partial charge in [-0.2, -0.15) is 0 Å². The van der Waals surface area contributed by atoms with Gasteiger partial charge in [-0.05, 0) is 57.9 Å². The van der Waals surface area contributed by atoms with E-state index < -0.39 is 54.1 Å². The number of carbonyl (C=O) groups is 4. The number of nitrogens with one attached hydrogen (secondary N) is 2. The third kappa shape index (κ3) is 9.18. The molecule has 3 amide bonds. The second-order valence-electron chi connectivity index (χ2n) is 10.3. The lowest BCUT2D eigenvalue weighted by Crippen LogP contribution is -2.56. The molecule has 4 N–H and O–H groups in total. The Balaban J connectivity index is 2.59. The largest absolute Gasteiger partial charge is 0.508 e. The van der Waals surface area contributed by atoms with Gasteiger partial charge in [-0.3, -0.25) is 14.4 Å². The molecule has 2 aromatic rings. The number of benzene rings is 2. The van der Waals surface area contributed by atoms with Crippen molar-refractivity contribution in [3.63, 3.8) is 0 Å². The van der Waals surface area contributed by atoms with Crippen molar-refractivity contribution in [1.29, 1.82) is 0 Å². The number of nitrogens with zero attached hydrogens (tertiary/aromatic N) is 1. The molecule has 2 rings (SSSR count). The highest BCUT2D eigenvalue weighted by Gasteiger charge is 2.39. The lowest BCUT2D eigenvalue weighted by Gasteiger charge is -2.38. The average molecular weight is 558 g/mol. The number of hydrogen-bond donors (Lipinski definition) is 4. The molecule has 218 valence electrons. The van der Waals surface area contributed by atoms with Crippen molar-refractivity contribution < 1.29 is 38.9 Å². The summed E-state index contributed by atoms with van der Waals surface area (Å²) in [6.07, 6.45) is -0.385. The molecule has 0 heterocycles. The minimum atomic E-state index is -1.35. The van der Waals surface area contributed by atoms with Crippen LogP contribution in [0.1, 0.15) is 58.2 Å². The maximum atomic E-state index is 14.3. The molecule has 0 bridgehead atoms. The number of aromatic hydroxyl groups is 2. The van der Waals surface area contributed by atoms with E-state index in [4.69, 9.17) is 4.74 Å². The van der Waals surface area contributed by atoms with Gasteiger partial charge in [0.2, 0.25) is 11.8 Å². The molecular formula is C29H39N3O8.